The Hall–Kier alpha value is -3.41. The van der Waals surface area contributed by atoms with Crippen molar-refractivity contribution < 1.29 is 18.7 Å². The average Bonchev–Trinajstić information content (AvgIpc) is 3.17. The Morgan fingerprint density at radius 2 is 1.87 bits per heavy atom. The van der Waals surface area contributed by atoms with Crippen LogP contribution < -0.4 is 9.64 Å². The Kier molecular flexibility index (Phi) is 5.65. The van der Waals surface area contributed by atoms with Gasteiger partial charge in [0.1, 0.15) is 18.2 Å². The maximum absolute atomic E-state index is 13.8. The summed E-state index contributed by atoms with van der Waals surface area (Å²) in [5, 5.41) is 1.69. The monoisotopic (exact) mass is 406 g/mol. The summed E-state index contributed by atoms with van der Waals surface area (Å²) in [7, 11) is 0. The van der Waals surface area contributed by atoms with Crippen molar-refractivity contribution in [2.24, 2.45) is 0 Å². The summed E-state index contributed by atoms with van der Waals surface area (Å²) in [6.45, 7) is 2.99. The van der Waals surface area contributed by atoms with E-state index in [1.807, 2.05) is 37.3 Å². The van der Waals surface area contributed by atoms with Crippen LogP contribution in [0.1, 0.15) is 30.1 Å². The number of ether oxygens (including phenoxy) is 1. The molecule has 3 aromatic carbocycles. The summed E-state index contributed by atoms with van der Waals surface area (Å²) >= 11 is 0. The Bertz CT molecular complexity index is 1080. The fraction of sp³-hybridized carbons (Fsp3) is 0.250. The van der Waals surface area contributed by atoms with Crippen LogP contribution in [0.15, 0.2) is 60.7 Å². The quantitative estimate of drug-likeness (QED) is 0.601. The van der Waals surface area contributed by atoms with Crippen molar-refractivity contribution >= 4 is 28.3 Å². The first kappa shape index (κ1) is 19.9. The van der Waals surface area contributed by atoms with E-state index in [0.29, 0.717) is 36.6 Å². The highest BCUT2D eigenvalue weighted by atomic mass is 19.1. The molecule has 0 unspecified atom stereocenters. The van der Waals surface area contributed by atoms with Crippen LogP contribution in [0.2, 0.25) is 0 Å². The molecule has 2 amide bonds. The summed E-state index contributed by atoms with van der Waals surface area (Å²) in [5.74, 6) is -0.177. The number of likely N-dealkylation sites (tertiary alicyclic amines) is 1. The van der Waals surface area contributed by atoms with Gasteiger partial charge in [-0.05, 0) is 54.4 Å². The van der Waals surface area contributed by atoms with Gasteiger partial charge in [0.2, 0.25) is 5.91 Å². The molecule has 0 N–H and O–H groups in total. The topological polar surface area (TPSA) is 49.9 Å². The number of halogens is 1. The van der Waals surface area contributed by atoms with Gasteiger partial charge in [0.15, 0.2) is 0 Å². The van der Waals surface area contributed by atoms with Crippen molar-refractivity contribution in [3.05, 3.63) is 72.0 Å². The van der Waals surface area contributed by atoms with E-state index in [-0.39, 0.29) is 24.3 Å². The molecule has 0 spiro atoms. The Labute approximate surface area is 174 Å². The minimum atomic E-state index is -0.386. The van der Waals surface area contributed by atoms with Crippen LogP contribution in [-0.2, 0) is 4.79 Å². The number of carbonyl (C=O) groups is 2. The smallest absolute Gasteiger partial charge is 0.264 e. The summed E-state index contributed by atoms with van der Waals surface area (Å²) in [6.07, 6.45) is 1.24. The second kappa shape index (κ2) is 8.53. The highest BCUT2D eigenvalue weighted by Gasteiger charge is 2.29. The van der Waals surface area contributed by atoms with E-state index >= 15 is 0 Å². The van der Waals surface area contributed by atoms with Gasteiger partial charge in [0.25, 0.3) is 5.91 Å². The van der Waals surface area contributed by atoms with Crippen molar-refractivity contribution in [1.29, 1.82) is 0 Å². The first-order chi connectivity index (χ1) is 14.6. The van der Waals surface area contributed by atoms with E-state index in [1.54, 1.807) is 23.1 Å². The molecule has 0 aromatic heterocycles. The zero-order valence-corrected chi connectivity index (χ0v) is 16.8. The molecular formula is C24H23FN2O3. The molecule has 0 bridgehead atoms. The second-order valence-corrected chi connectivity index (χ2v) is 7.20. The van der Waals surface area contributed by atoms with Crippen LogP contribution in [0.3, 0.4) is 0 Å². The molecule has 3 aromatic rings. The second-order valence-electron chi connectivity index (χ2n) is 7.20. The van der Waals surface area contributed by atoms with Gasteiger partial charge in [0.05, 0.1) is 12.2 Å². The van der Waals surface area contributed by atoms with Crippen molar-refractivity contribution in [3.8, 4) is 5.75 Å². The van der Waals surface area contributed by atoms with Crippen LogP contribution in [0.4, 0.5) is 10.1 Å². The minimum absolute atomic E-state index is 0.0119. The largest absolute Gasteiger partial charge is 0.493 e. The van der Waals surface area contributed by atoms with Gasteiger partial charge >= 0.3 is 0 Å². The third kappa shape index (κ3) is 3.85. The highest BCUT2D eigenvalue weighted by Crippen LogP contribution is 2.31. The molecule has 1 fully saturated rings. The van der Waals surface area contributed by atoms with Crippen LogP contribution in [0.25, 0.3) is 10.8 Å². The van der Waals surface area contributed by atoms with Crippen LogP contribution in [0, 0.1) is 5.82 Å². The van der Waals surface area contributed by atoms with Crippen molar-refractivity contribution in [3.63, 3.8) is 0 Å². The number of fused-ring (bicyclic) bond motifs is 1. The summed E-state index contributed by atoms with van der Waals surface area (Å²) in [5.41, 5.74) is 0.961. The van der Waals surface area contributed by atoms with E-state index in [1.165, 1.54) is 17.0 Å². The Morgan fingerprint density at radius 1 is 1.10 bits per heavy atom. The third-order valence-corrected chi connectivity index (χ3v) is 5.27. The molecule has 0 atom stereocenters. The van der Waals surface area contributed by atoms with E-state index in [2.05, 4.69) is 0 Å². The number of rotatable bonds is 6. The Balaban J connectivity index is 1.82. The van der Waals surface area contributed by atoms with Crippen LogP contribution in [0.5, 0.6) is 5.75 Å². The predicted molar refractivity (Wildman–Crippen MR) is 114 cm³/mol. The lowest BCUT2D eigenvalue weighted by Gasteiger charge is -2.29. The molecule has 6 heteroatoms. The number of anilines is 1. The lowest BCUT2D eigenvalue weighted by Crippen LogP contribution is -2.42. The SMILES string of the molecule is CCOc1ccc2ccccc2c1C(=O)N(CN1CCCC1=O)c1ccc(F)cc1. The number of amides is 2. The molecule has 1 heterocycles. The van der Waals surface area contributed by atoms with Crippen LogP contribution >= 0.6 is 0 Å². The van der Waals surface area contributed by atoms with Crippen molar-refractivity contribution in [2.75, 3.05) is 24.7 Å². The van der Waals surface area contributed by atoms with Gasteiger partial charge in [-0.1, -0.05) is 30.3 Å². The van der Waals surface area contributed by atoms with Gasteiger partial charge in [0, 0.05) is 18.7 Å². The summed E-state index contributed by atoms with van der Waals surface area (Å²) in [4.78, 5) is 29.3. The molecule has 0 saturated carbocycles. The van der Waals surface area contributed by atoms with Crippen molar-refractivity contribution in [1.82, 2.24) is 4.90 Å². The standard InChI is InChI=1S/C24H23FN2O3/c1-2-30-21-14-9-17-6-3-4-7-20(17)23(21)24(29)27(16-26-15-5-8-22(26)28)19-12-10-18(25)11-13-19/h3-4,6-7,9-14H,2,5,8,15-16H2,1H3. The number of hydrogen-bond donors (Lipinski definition) is 0. The van der Waals surface area contributed by atoms with E-state index in [4.69, 9.17) is 4.74 Å². The number of hydrogen-bond acceptors (Lipinski definition) is 3. The Morgan fingerprint density at radius 3 is 2.57 bits per heavy atom. The number of carbonyl (C=O) groups excluding carboxylic acids is 2. The van der Waals surface area contributed by atoms with E-state index in [0.717, 1.165) is 17.2 Å². The normalized spacial score (nSPS) is 13.7. The molecule has 1 aliphatic heterocycles. The lowest BCUT2D eigenvalue weighted by atomic mass is 10.0. The number of nitrogens with zero attached hydrogens (tertiary/aromatic N) is 2. The molecular weight excluding hydrogens is 383 g/mol. The average molecular weight is 406 g/mol. The maximum Gasteiger partial charge on any atom is 0.264 e. The van der Waals surface area contributed by atoms with Gasteiger partial charge < -0.3 is 9.64 Å². The zero-order chi connectivity index (χ0) is 21.1. The fourth-order valence-corrected chi connectivity index (χ4v) is 3.79. The maximum atomic E-state index is 13.8. The van der Waals surface area contributed by atoms with Gasteiger partial charge in [-0.15, -0.1) is 0 Å². The van der Waals surface area contributed by atoms with Gasteiger partial charge in [-0.25, -0.2) is 4.39 Å². The van der Waals surface area contributed by atoms with Gasteiger partial charge in [-0.3, -0.25) is 14.5 Å². The lowest BCUT2D eigenvalue weighted by molar-refractivity contribution is -0.127. The zero-order valence-electron chi connectivity index (χ0n) is 16.8. The molecule has 4 rings (SSSR count). The molecule has 30 heavy (non-hydrogen) atoms. The molecule has 5 nitrogen and oxygen atoms in total. The minimum Gasteiger partial charge on any atom is -0.493 e. The molecule has 1 saturated heterocycles. The number of benzene rings is 3. The predicted octanol–water partition coefficient (Wildman–Crippen LogP) is 4.60. The van der Waals surface area contributed by atoms with Crippen LogP contribution in [-0.4, -0.2) is 36.5 Å². The highest BCUT2D eigenvalue weighted by molar-refractivity contribution is 6.16. The van der Waals surface area contributed by atoms with Gasteiger partial charge in [-0.2, -0.15) is 0 Å². The molecule has 1 aliphatic rings. The fourth-order valence-electron chi connectivity index (χ4n) is 3.79. The third-order valence-electron chi connectivity index (χ3n) is 5.27. The molecule has 154 valence electrons. The van der Waals surface area contributed by atoms with E-state index in [9.17, 15) is 14.0 Å². The summed E-state index contributed by atoms with van der Waals surface area (Å²) < 4.78 is 19.3. The van der Waals surface area contributed by atoms with Crippen molar-refractivity contribution in [2.45, 2.75) is 19.8 Å². The molecule has 0 aliphatic carbocycles. The first-order valence-electron chi connectivity index (χ1n) is 10.1. The molecule has 0 radical (unpaired) electrons. The first-order valence-corrected chi connectivity index (χ1v) is 10.1. The van der Waals surface area contributed by atoms with E-state index < -0.39 is 0 Å². The summed E-state index contributed by atoms with van der Waals surface area (Å²) in [6, 6.07) is 17.1.